The summed E-state index contributed by atoms with van der Waals surface area (Å²) in [6, 6.07) is 7.82. The first-order chi connectivity index (χ1) is 12.1. The van der Waals surface area contributed by atoms with Crippen LogP contribution in [0.1, 0.15) is 18.4 Å². The molecule has 2 heterocycles. The third-order valence-corrected chi connectivity index (χ3v) is 5.39. The third-order valence-electron chi connectivity index (χ3n) is 5.08. The first kappa shape index (κ1) is 16.1. The summed E-state index contributed by atoms with van der Waals surface area (Å²) >= 11 is 6.05. The highest BCUT2D eigenvalue weighted by molar-refractivity contribution is 6.30. The Morgan fingerprint density at radius 1 is 1.24 bits per heavy atom. The molecule has 1 saturated heterocycles. The largest absolute Gasteiger partial charge is 0.365 e. The molecule has 2 atom stereocenters. The molecule has 1 fully saturated rings. The van der Waals surface area contributed by atoms with Crippen LogP contribution in [0.5, 0.6) is 0 Å². The molecule has 1 N–H and O–H groups in total. The lowest BCUT2D eigenvalue weighted by molar-refractivity contribution is -0.139. The number of carbonyl (C=O) groups excluding carboxylic acids is 2. The van der Waals surface area contributed by atoms with Crippen LogP contribution < -0.4 is 5.32 Å². The van der Waals surface area contributed by atoms with Crippen molar-refractivity contribution in [1.29, 1.82) is 0 Å². The SMILES string of the molecule is Cc1ccnc2c(NCN3C(=O)C4CC=C(Cl)CC4C3=O)cccc12. The van der Waals surface area contributed by atoms with E-state index in [2.05, 4.69) is 10.3 Å². The number of nitrogens with zero attached hydrogens (tertiary/aromatic N) is 2. The number of amides is 2. The average molecular weight is 356 g/mol. The number of aromatic nitrogens is 1. The summed E-state index contributed by atoms with van der Waals surface area (Å²) in [4.78, 5) is 30.9. The molecular weight excluding hydrogens is 338 g/mol. The van der Waals surface area contributed by atoms with Crippen LogP contribution in [0.15, 0.2) is 41.6 Å². The number of carbonyl (C=O) groups is 2. The molecule has 0 bridgehead atoms. The quantitative estimate of drug-likeness (QED) is 0.857. The molecule has 2 unspecified atom stereocenters. The van der Waals surface area contributed by atoms with Gasteiger partial charge in [0.1, 0.15) is 0 Å². The molecule has 0 spiro atoms. The summed E-state index contributed by atoms with van der Waals surface area (Å²) in [6.07, 6.45) is 4.61. The summed E-state index contributed by atoms with van der Waals surface area (Å²) in [5.41, 5.74) is 2.78. The van der Waals surface area contributed by atoms with Gasteiger partial charge in [-0.15, -0.1) is 0 Å². The Balaban J connectivity index is 1.56. The minimum absolute atomic E-state index is 0.118. The van der Waals surface area contributed by atoms with E-state index in [-0.39, 0.29) is 30.3 Å². The highest BCUT2D eigenvalue weighted by atomic mass is 35.5. The Kier molecular flexibility index (Phi) is 3.96. The van der Waals surface area contributed by atoms with E-state index in [4.69, 9.17) is 11.6 Å². The van der Waals surface area contributed by atoms with E-state index in [0.29, 0.717) is 17.9 Å². The van der Waals surface area contributed by atoms with Gasteiger partial charge in [-0.3, -0.25) is 19.5 Å². The molecule has 6 heteroatoms. The van der Waals surface area contributed by atoms with Gasteiger partial charge in [-0.25, -0.2) is 0 Å². The number of benzene rings is 1. The number of allylic oxidation sites excluding steroid dienone is 2. The van der Waals surface area contributed by atoms with Gasteiger partial charge < -0.3 is 5.32 Å². The standard InChI is InChI=1S/C19H18ClN3O2/c1-11-7-8-21-17-13(11)3-2-4-16(17)22-10-23-18(24)14-6-5-12(20)9-15(14)19(23)25/h2-5,7-8,14-15,22H,6,9-10H2,1H3. The van der Waals surface area contributed by atoms with Crippen molar-refractivity contribution in [1.82, 2.24) is 9.88 Å². The summed E-state index contributed by atoms with van der Waals surface area (Å²) in [6.45, 7) is 2.18. The van der Waals surface area contributed by atoms with E-state index >= 15 is 0 Å². The predicted octanol–water partition coefficient (Wildman–Crippen LogP) is 3.43. The molecule has 0 saturated carbocycles. The van der Waals surface area contributed by atoms with Crippen LogP contribution in [0.4, 0.5) is 5.69 Å². The Hall–Kier alpha value is -2.40. The van der Waals surface area contributed by atoms with Crippen molar-refractivity contribution < 1.29 is 9.59 Å². The number of fused-ring (bicyclic) bond motifs is 2. The molecule has 2 amide bonds. The fraction of sp³-hybridized carbons (Fsp3) is 0.316. The number of halogens is 1. The number of hydrogen-bond donors (Lipinski definition) is 1. The summed E-state index contributed by atoms with van der Waals surface area (Å²) < 4.78 is 0. The second-order valence-electron chi connectivity index (χ2n) is 6.57. The van der Waals surface area contributed by atoms with E-state index in [9.17, 15) is 9.59 Å². The minimum atomic E-state index is -0.320. The number of imide groups is 1. The molecule has 1 aromatic carbocycles. The van der Waals surface area contributed by atoms with Gasteiger partial charge in [0.2, 0.25) is 11.8 Å². The fourth-order valence-corrected chi connectivity index (χ4v) is 3.93. The van der Waals surface area contributed by atoms with Crippen LogP contribution in [-0.4, -0.2) is 28.4 Å². The zero-order valence-electron chi connectivity index (χ0n) is 13.8. The van der Waals surface area contributed by atoms with Crippen molar-refractivity contribution in [3.05, 3.63) is 47.1 Å². The van der Waals surface area contributed by atoms with Gasteiger partial charge >= 0.3 is 0 Å². The molecule has 1 aliphatic carbocycles. The van der Waals surface area contributed by atoms with Crippen LogP contribution in [0, 0.1) is 18.8 Å². The number of para-hydroxylation sites is 1. The van der Waals surface area contributed by atoms with Gasteiger partial charge in [0.05, 0.1) is 29.7 Å². The van der Waals surface area contributed by atoms with Crippen LogP contribution in [0.2, 0.25) is 0 Å². The zero-order valence-corrected chi connectivity index (χ0v) is 14.6. The number of nitrogens with one attached hydrogen (secondary N) is 1. The molecule has 5 nitrogen and oxygen atoms in total. The highest BCUT2D eigenvalue weighted by Gasteiger charge is 2.48. The normalized spacial score (nSPS) is 23.0. The predicted molar refractivity (Wildman–Crippen MR) is 97.0 cm³/mol. The van der Waals surface area contributed by atoms with Crippen molar-refractivity contribution >= 4 is 40.0 Å². The zero-order chi connectivity index (χ0) is 17.6. The monoisotopic (exact) mass is 355 g/mol. The number of rotatable bonds is 3. The van der Waals surface area contributed by atoms with E-state index in [1.54, 1.807) is 6.20 Å². The van der Waals surface area contributed by atoms with Crippen LogP contribution in [-0.2, 0) is 9.59 Å². The number of aryl methyl sites for hydroxylation is 1. The van der Waals surface area contributed by atoms with Crippen LogP contribution >= 0.6 is 11.6 Å². The molecule has 2 aromatic rings. The molecule has 0 radical (unpaired) electrons. The van der Waals surface area contributed by atoms with E-state index in [1.807, 2.05) is 37.3 Å². The second-order valence-corrected chi connectivity index (χ2v) is 7.06. The molecular formula is C19H18ClN3O2. The maximum Gasteiger partial charge on any atom is 0.234 e. The minimum Gasteiger partial charge on any atom is -0.365 e. The Morgan fingerprint density at radius 3 is 2.88 bits per heavy atom. The lowest BCUT2D eigenvalue weighted by Gasteiger charge is -2.17. The van der Waals surface area contributed by atoms with E-state index in [0.717, 1.165) is 22.2 Å². The van der Waals surface area contributed by atoms with E-state index in [1.165, 1.54) is 4.90 Å². The second kappa shape index (κ2) is 6.15. The molecule has 2 aliphatic rings. The van der Waals surface area contributed by atoms with Gasteiger partial charge in [0.15, 0.2) is 0 Å². The molecule has 4 rings (SSSR count). The van der Waals surface area contributed by atoms with Crippen molar-refractivity contribution in [3.8, 4) is 0 Å². The van der Waals surface area contributed by atoms with Crippen molar-refractivity contribution in [2.45, 2.75) is 19.8 Å². The topological polar surface area (TPSA) is 62.3 Å². The summed E-state index contributed by atoms with van der Waals surface area (Å²) in [5.74, 6) is -0.852. The first-order valence-corrected chi connectivity index (χ1v) is 8.72. The van der Waals surface area contributed by atoms with Crippen LogP contribution in [0.3, 0.4) is 0 Å². The fourth-order valence-electron chi connectivity index (χ4n) is 3.67. The van der Waals surface area contributed by atoms with Crippen molar-refractivity contribution in [2.75, 3.05) is 12.0 Å². The number of likely N-dealkylation sites (tertiary alicyclic amines) is 1. The summed E-state index contributed by atoms with van der Waals surface area (Å²) in [5, 5.41) is 4.93. The number of pyridine rings is 1. The van der Waals surface area contributed by atoms with Gasteiger partial charge in [0.25, 0.3) is 0 Å². The molecule has 25 heavy (non-hydrogen) atoms. The Morgan fingerprint density at radius 2 is 2.04 bits per heavy atom. The van der Waals surface area contributed by atoms with Crippen molar-refractivity contribution in [3.63, 3.8) is 0 Å². The Bertz CT molecular complexity index is 909. The number of anilines is 1. The average Bonchev–Trinajstić information content (AvgIpc) is 2.84. The molecule has 128 valence electrons. The Labute approximate surface area is 150 Å². The van der Waals surface area contributed by atoms with Gasteiger partial charge in [-0.2, -0.15) is 0 Å². The van der Waals surface area contributed by atoms with Gasteiger partial charge in [-0.05, 0) is 37.5 Å². The van der Waals surface area contributed by atoms with Crippen LogP contribution in [0.25, 0.3) is 10.9 Å². The maximum atomic E-state index is 12.6. The molecule has 1 aromatic heterocycles. The third kappa shape index (κ3) is 2.68. The highest BCUT2D eigenvalue weighted by Crippen LogP contribution is 2.38. The smallest absolute Gasteiger partial charge is 0.234 e. The lowest BCUT2D eigenvalue weighted by atomic mass is 9.85. The molecule has 1 aliphatic heterocycles. The van der Waals surface area contributed by atoms with Gasteiger partial charge in [0, 0.05) is 16.6 Å². The maximum absolute atomic E-state index is 12.6. The number of hydrogen-bond acceptors (Lipinski definition) is 4. The summed E-state index contributed by atoms with van der Waals surface area (Å²) in [7, 11) is 0. The first-order valence-electron chi connectivity index (χ1n) is 8.34. The van der Waals surface area contributed by atoms with Crippen molar-refractivity contribution in [2.24, 2.45) is 11.8 Å². The van der Waals surface area contributed by atoms with Gasteiger partial charge in [-0.1, -0.05) is 29.8 Å². The lowest BCUT2D eigenvalue weighted by Crippen LogP contribution is -2.35. The van der Waals surface area contributed by atoms with E-state index < -0.39 is 0 Å².